The fourth-order valence-corrected chi connectivity index (χ4v) is 3.04. The molecule has 0 aliphatic heterocycles. The lowest BCUT2D eigenvalue weighted by molar-refractivity contribution is -0.113. The monoisotopic (exact) mass is 413 g/mol. The van der Waals surface area contributed by atoms with E-state index in [4.69, 9.17) is 39.2 Å². The van der Waals surface area contributed by atoms with Crippen molar-refractivity contribution >= 4 is 58.2 Å². The smallest absolute Gasteiger partial charge is 0.277 e. The Balaban J connectivity index is 1.61. The van der Waals surface area contributed by atoms with E-state index in [-0.39, 0.29) is 16.9 Å². The molecule has 0 unspecified atom stereocenters. The van der Waals surface area contributed by atoms with Crippen molar-refractivity contribution in [1.29, 1.82) is 0 Å². The average Bonchev–Trinajstić information content (AvgIpc) is 3.05. The maximum absolute atomic E-state index is 12.0. The Morgan fingerprint density at radius 2 is 1.88 bits per heavy atom. The molecule has 9 heteroatoms. The predicted octanol–water partition coefficient (Wildman–Crippen LogP) is 5.43. The quantitative estimate of drug-likeness (QED) is 0.564. The summed E-state index contributed by atoms with van der Waals surface area (Å²) in [5, 5.41) is 12.2. The van der Waals surface area contributed by atoms with Crippen LogP contribution in [0.15, 0.2) is 52.1 Å². The zero-order valence-corrected chi connectivity index (χ0v) is 15.6. The summed E-state index contributed by atoms with van der Waals surface area (Å²) in [6.45, 7) is 0. The lowest BCUT2D eigenvalue weighted by Crippen LogP contribution is -2.14. The Morgan fingerprint density at radius 3 is 2.68 bits per heavy atom. The predicted molar refractivity (Wildman–Crippen MR) is 101 cm³/mol. The second-order valence-corrected chi connectivity index (χ2v) is 6.99. The van der Waals surface area contributed by atoms with Gasteiger partial charge in [0.1, 0.15) is 0 Å². The number of hydrogen-bond donors (Lipinski definition) is 1. The van der Waals surface area contributed by atoms with Crippen LogP contribution >= 0.6 is 46.6 Å². The van der Waals surface area contributed by atoms with Gasteiger partial charge >= 0.3 is 0 Å². The Labute approximate surface area is 162 Å². The zero-order valence-electron chi connectivity index (χ0n) is 12.5. The van der Waals surface area contributed by atoms with Gasteiger partial charge in [0.05, 0.1) is 27.0 Å². The highest BCUT2D eigenvalue weighted by molar-refractivity contribution is 7.99. The molecule has 25 heavy (non-hydrogen) atoms. The van der Waals surface area contributed by atoms with Crippen LogP contribution in [0.3, 0.4) is 0 Å². The second-order valence-electron chi connectivity index (χ2n) is 4.81. The SMILES string of the molecule is O=C(CSc1nnc(-c2ccccc2Cl)o1)Nc1cc(Cl)ccc1Cl. The molecule has 0 saturated heterocycles. The van der Waals surface area contributed by atoms with Gasteiger partial charge in [-0.05, 0) is 30.3 Å². The van der Waals surface area contributed by atoms with Crippen molar-refractivity contribution in [3.05, 3.63) is 57.5 Å². The summed E-state index contributed by atoms with van der Waals surface area (Å²) < 4.78 is 5.52. The van der Waals surface area contributed by atoms with Crippen LogP contribution in [0.2, 0.25) is 15.1 Å². The second kappa shape index (κ2) is 8.10. The minimum absolute atomic E-state index is 0.0764. The number of halogens is 3. The number of hydrogen-bond acceptors (Lipinski definition) is 5. The summed E-state index contributed by atoms with van der Waals surface area (Å²) in [6.07, 6.45) is 0. The molecule has 1 amide bonds. The van der Waals surface area contributed by atoms with E-state index in [0.29, 0.717) is 32.2 Å². The summed E-state index contributed by atoms with van der Waals surface area (Å²) in [6, 6.07) is 12.0. The van der Waals surface area contributed by atoms with Crippen LogP contribution in [-0.4, -0.2) is 21.9 Å². The Kier molecular flexibility index (Phi) is 5.86. The molecule has 1 aromatic heterocycles. The number of benzene rings is 2. The summed E-state index contributed by atoms with van der Waals surface area (Å²) in [7, 11) is 0. The van der Waals surface area contributed by atoms with E-state index in [0.717, 1.165) is 11.8 Å². The van der Waals surface area contributed by atoms with Gasteiger partial charge in [0.2, 0.25) is 11.8 Å². The summed E-state index contributed by atoms with van der Waals surface area (Å²) >= 11 is 19.1. The molecule has 0 fully saturated rings. The highest BCUT2D eigenvalue weighted by Crippen LogP contribution is 2.29. The third-order valence-corrected chi connectivity index (χ3v) is 4.75. The highest BCUT2D eigenvalue weighted by atomic mass is 35.5. The summed E-state index contributed by atoms with van der Waals surface area (Å²) in [5.41, 5.74) is 1.08. The topological polar surface area (TPSA) is 68.0 Å². The van der Waals surface area contributed by atoms with Crippen molar-refractivity contribution in [1.82, 2.24) is 10.2 Å². The molecule has 128 valence electrons. The number of anilines is 1. The van der Waals surface area contributed by atoms with Crippen LogP contribution in [0.1, 0.15) is 0 Å². The number of rotatable bonds is 5. The number of aromatic nitrogens is 2. The molecule has 0 radical (unpaired) electrons. The first-order valence-electron chi connectivity index (χ1n) is 6.99. The van der Waals surface area contributed by atoms with E-state index in [1.807, 2.05) is 12.1 Å². The van der Waals surface area contributed by atoms with Gasteiger partial charge in [-0.3, -0.25) is 4.79 Å². The van der Waals surface area contributed by atoms with Gasteiger partial charge in [-0.25, -0.2) is 0 Å². The molecule has 0 atom stereocenters. The lowest BCUT2D eigenvalue weighted by Gasteiger charge is -2.06. The van der Waals surface area contributed by atoms with Gasteiger partial charge in [-0.2, -0.15) is 0 Å². The molecular formula is C16H10Cl3N3O2S. The van der Waals surface area contributed by atoms with Crippen molar-refractivity contribution in [3.8, 4) is 11.5 Å². The van der Waals surface area contributed by atoms with E-state index in [2.05, 4.69) is 15.5 Å². The van der Waals surface area contributed by atoms with Crippen molar-refractivity contribution in [2.45, 2.75) is 5.22 Å². The molecule has 3 aromatic rings. The molecule has 5 nitrogen and oxygen atoms in total. The van der Waals surface area contributed by atoms with Crippen molar-refractivity contribution in [3.63, 3.8) is 0 Å². The molecule has 0 spiro atoms. The fourth-order valence-electron chi connectivity index (χ4n) is 1.92. The molecule has 1 N–H and O–H groups in total. The normalized spacial score (nSPS) is 10.7. The lowest BCUT2D eigenvalue weighted by atomic mass is 10.2. The summed E-state index contributed by atoms with van der Waals surface area (Å²) in [4.78, 5) is 12.0. The number of carbonyl (C=O) groups is 1. The first-order chi connectivity index (χ1) is 12.0. The highest BCUT2D eigenvalue weighted by Gasteiger charge is 2.14. The van der Waals surface area contributed by atoms with E-state index in [1.54, 1.807) is 30.3 Å². The fraction of sp³-hybridized carbons (Fsp3) is 0.0625. The maximum Gasteiger partial charge on any atom is 0.277 e. The van der Waals surface area contributed by atoms with Gasteiger partial charge in [-0.1, -0.05) is 58.7 Å². The van der Waals surface area contributed by atoms with Gasteiger partial charge < -0.3 is 9.73 Å². The van der Waals surface area contributed by atoms with E-state index in [1.165, 1.54) is 0 Å². The third kappa shape index (κ3) is 4.67. The Bertz CT molecular complexity index is 917. The van der Waals surface area contributed by atoms with Crippen molar-refractivity contribution < 1.29 is 9.21 Å². The average molecular weight is 415 g/mol. The molecule has 0 aliphatic carbocycles. The van der Waals surface area contributed by atoms with Gasteiger partial charge in [0, 0.05) is 5.02 Å². The molecule has 2 aromatic carbocycles. The van der Waals surface area contributed by atoms with Crippen LogP contribution in [0.25, 0.3) is 11.5 Å². The van der Waals surface area contributed by atoms with Crippen LogP contribution in [0, 0.1) is 0 Å². The molecule has 0 saturated carbocycles. The number of carbonyl (C=O) groups excluding carboxylic acids is 1. The van der Waals surface area contributed by atoms with Crippen LogP contribution in [-0.2, 0) is 4.79 Å². The van der Waals surface area contributed by atoms with E-state index in [9.17, 15) is 4.79 Å². The van der Waals surface area contributed by atoms with E-state index < -0.39 is 0 Å². The van der Waals surface area contributed by atoms with Crippen molar-refractivity contribution in [2.24, 2.45) is 0 Å². The standard InChI is InChI=1S/C16H10Cl3N3O2S/c17-9-5-6-12(19)13(7-9)20-14(23)8-25-16-22-21-15(24-16)10-3-1-2-4-11(10)18/h1-7H,8H2,(H,20,23). The molecule has 0 bridgehead atoms. The largest absolute Gasteiger partial charge is 0.411 e. The van der Waals surface area contributed by atoms with Gasteiger partial charge in [-0.15, -0.1) is 10.2 Å². The van der Waals surface area contributed by atoms with E-state index >= 15 is 0 Å². The molecule has 0 aliphatic rings. The maximum atomic E-state index is 12.0. The van der Waals surface area contributed by atoms with Crippen LogP contribution in [0.4, 0.5) is 5.69 Å². The minimum Gasteiger partial charge on any atom is -0.411 e. The number of nitrogens with one attached hydrogen (secondary N) is 1. The van der Waals surface area contributed by atoms with Crippen molar-refractivity contribution in [2.75, 3.05) is 11.1 Å². The number of nitrogens with zero attached hydrogens (tertiary/aromatic N) is 2. The minimum atomic E-state index is -0.272. The van der Waals surface area contributed by atoms with Crippen LogP contribution < -0.4 is 5.32 Å². The first-order valence-corrected chi connectivity index (χ1v) is 9.11. The van der Waals surface area contributed by atoms with Crippen LogP contribution in [0.5, 0.6) is 0 Å². The third-order valence-electron chi connectivity index (χ3n) is 3.04. The Hall–Kier alpha value is -1.73. The summed E-state index contributed by atoms with van der Waals surface area (Å²) in [5.74, 6) is 0.102. The molecule has 3 rings (SSSR count). The number of amides is 1. The zero-order chi connectivity index (χ0) is 17.8. The molecular weight excluding hydrogens is 405 g/mol. The molecule has 1 heterocycles. The van der Waals surface area contributed by atoms with Gasteiger partial charge in [0.25, 0.3) is 5.22 Å². The van der Waals surface area contributed by atoms with Gasteiger partial charge in [0.15, 0.2) is 0 Å². The number of thioether (sulfide) groups is 1. The first kappa shape index (κ1) is 18.1. The Morgan fingerprint density at radius 1 is 1.08 bits per heavy atom.